The van der Waals surface area contributed by atoms with Crippen molar-refractivity contribution in [1.82, 2.24) is 4.57 Å². The first kappa shape index (κ1) is 14.9. The lowest BCUT2D eigenvalue weighted by Crippen LogP contribution is -2.44. The third-order valence-corrected chi connectivity index (χ3v) is 2.77. The SMILES string of the molecule is CCOC(=O)C(C)(C)n1cc([N+](=O)[O-])cc(C)c1=O. The van der Waals surface area contributed by atoms with Crippen LogP contribution in [-0.2, 0) is 15.1 Å². The molecule has 0 atom stereocenters. The van der Waals surface area contributed by atoms with E-state index >= 15 is 0 Å². The molecule has 0 aliphatic rings. The molecule has 0 N–H and O–H groups in total. The van der Waals surface area contributed by atoms with Crippen molar-refractivity contribution in [2.24, 2.45) is 0 Å². The fraction of sp³-hybridized carbons (Fsp3) is 0.500. The highest BCUT2D eigenvalue weighted by atomic mass is 16.6. The lowest BCUT2D eigenvalue weighted by molar-refractivity contribution is -0.385. The third-order valence-electron chi connectivity index (χ3n) is 2.77. The molecule has 7 nitrogen and oxygen atoms in total. The number of nitrogens with zero attached hydrogens (tertiary/aromatic N) is 2. The summed E-state index contributed by atoms with van der Waals surface area (Å²) in [5.74, 6) is -0.614. The molecule has 0 saturated carbocycles. The zero-order valence-electron chi connectivity index (χ0n) is 11.3. The molecule has 1 aromatic rings. The first-order valence-corrected chi connectivity index (χ1v) is 5.77. The number of aromatic nitrogens is 1. The van der Waals surface area contributed by atoms with E-state index in [1.165, 1.54) is 26.8 Å². The van der Waals surface area contributed by atoms with Gasteiger partial charge in [0.05, 0.1) is 17.7 Å². The lowest BCUT2D eigenvalue weighted by Gasteiger charge is -2.25. The van der Waals surface area contributed by atoms with E-state index in [-0.39, 0.29) is 17.9 Å². The minimum absolute atomic E-state index is 0.172. The Kier molecular flexibility index (Phi) is 4.08. The molecule has 0 amide bonds. The average molecular weight is 268 g/mol. The van der Waals surface area contributed by atoms with Gasteiger partial charge >= 0.3 is 5.97 Å². The largest absolute Gasteiger partial charge is 0.464 e. The average Bonchev–Trinajstić information content (AvgIpc) is 2.32. The quantitative estimate of drug-likeness (QED) is 0.467. The van der Waals surface area contributed by atoms with Crippen molar-refractivity contribution < 1.29 is 14.5 Å². The standard InChI is InChI=1S/C12H16N2O5/c1-5-19-11(16)12(3,4)13-7-9(14(17)18)6-8(2)10(13)15/h6-7H,5H2,1-4H3. The highest BCUT2D eigenvalue weighted by Gasteiger charge is 2.33. The molecular weight excluding hydrogens is 252 g/mol. The van der Waals surface area contributed by atoms with Gasteiger partial charge in [0.25, 0.3) is 11.2 Å². The van der Waals surface area contributed by atoms with E-state index in [9.17, 15) is 19.7 Å². The summed E-state index contributed by atoms with van der Waals surface area (Å²) >= 11 is 0. The van der Waals surface area contributed by atoms with E-state index in [2.05, 4.69) is 0 Å². The second-order valence-corrected chi connectivity index (χ2v) is 4.59. The summed E-state index contributed by atoms with van der Waals surface area (Å²) in [6.07, 6.45) is 1.06. The van der Waals surface area contributed by atoms with Crippen LogP contribution in [0.5, 0.6) is 0 Å². The number of esters is 1. The van der Waals surface area contributed by atoms with Crippen LogP contribution in [0.4, 0.5) is 5.69 Å². The normalized spacial score (nSPS) is 11.2. The molecule has 0 aliphatic carbocycles. The van der Waals surface area contributed by atoms with E-state index in [0.29, 0.717) is 0 Å². The van der Waals surface area contributed by atoms with Gasteiger partial charge in [0.15, 0.2) is 0 Å². The Balaban J connectivity index is 3.45. The van der Waals surface area contributed by atoms with Gasteiger partial charge in [-0.25, -0.2) is 4.79 Å². The topological polar surface area (TPSA) is 91.4 Å². The zero-order valence-corrected chi connectivity index (χ0v) is 11.3. The van der Waals surface area contributed by atoms with E-state index < -0.39 is 22.0 Å². The third kappa shape index (κ3) is 2.81. The van der Waals surface area contributed by atoms with E-state index in [4.69, 9.17) is 4.74 Å². The summed E-state index contributed by atoms with van der Waals surface area (Å²) in [7, 11) is 0. The molecule has 7 heteroatoms. The number of ether oxygens (including phenoxy) is 1. The van der Waals surface area contributed by atoms with E-state index in [0.717, 1.165) is 10.8 Å². The van der Waals surface area contributed by atoms with Crippen molar-refractivity contribution in [1.29, 1.82) is 0 Å². The van der Waals surface area contributed by atoms with Gasteiger partial charge in [-0.05, 0) is 27.7 Å². The highest BCUT2D eigenvalue weighted by molar-refractivity contribution is 5.78. The summed E-state index contributed by atoms with van der Waals surface area (Å²) < 4.78 is 5.93. The van der Waals surface area contributed by atoms with Crippen molar-refractivity contribution >= 4 is 11.7 Å². The Bertz CT molecular complexity index is 574. The summed E-state index contributed by atoms with van der Waals surface area (Å²) in [5.41, 5.74) is -1.80. The van der Waals surface area contributed by atoms with Crippen LogP contribution in [0.2, 0.25) is 0 Å². The van der Waals surface area contributed by atoms with Gasteiger partial charge in [-0.3, -0.25) is 19.5 Å². The fourth-order valence-corrected chi connectivity index (χ4v) is 1.62. The maximum atomic E-state index is 12.0. The first-order valence-electron chi connectivity index (χ1n) is 5.77. The van der Waals surface area contributed by atoms with Crippen LogP contribution in [-0.4, -0.2) is 22.1 Å². The van der Waals surface area contributed by atoms with Gasteiger partial charge in [0.1, 0.15) is 5.54 Å². The van der Waals surface area contributed by atoms with Crippen LogP contribution >= 0.6 is 0 Å². The van der Waals surface area contributed by atoms with Crippen molar-refractivity contribution in [2.45, 2.75) is 33.2 Å². The number of rotatable bonds is 4. The van der Waals surface area contributed by atoms with Gasteiger partial charge < -0.3 is 4.74 Å². The van der Waals surface area contributed by atoms with Gasteiger partial charge in [0, 0.05) is 11.6 Å². The van der Waals surface area contributed by atoms with Crippen LogP contribution in [0.3, 0.4) is 0 Å². The molecule has 19 heavy (non-hydrogen) atoms. The molecule has 0 bridgehead atoms. The maximum Gasteiger partial charge on any atom is 0.331 e. The number of carbonyl (C=O) groups is 1. The van der Waals surface area contributed by atoms with Gasteiger partial charge in [0.2, 0.25) is 0 Å². The molecule has 0 unspecified atom stereocenters. The van der Waals surface area contributed by atoms with Crippen LogP contribution in [0.25, 0.3) is 0 Å². The predicted molar refractivity (Wildman–Crippen MR) is 68.0 cm³/mol. The fourth-order valence-electron chi connectivity index (χ4n) is 1.62. The Morgan fingerprint density at radius 2 is 2.11 bits per heavy atom. The summed E-state index contributed by atoms with van der Waals surface area (Å²) in [6, 6.07) is 1.18. The molecule has 1 aromatic heterocycles. The second kappa shape index (κ2) is 5.21. The van der Waals surface area contributed by atoms with Crippen molar-refractivity contribution in [3.05, 3.63) is 38.3 Å². The monoisotopic (exact) mass is 268 g/mol. The number of carbonyl (C=O) groups excluding carboxylic acids is 1. The molecule has 0 spiro atoms. The maximum absolute atomic E-state index is 12.0. The minimum atomic E-state index is -1.30. The number of nitro groups is 1. The molecule has 104 valence electrons. The van der Waals surface area contributed by atoms with E-state index in [1.54, 1.807) is 6.92 Å². The number of hydrogen-bond donors (Lipinski definition) is 0. The Labute approximate surface area is 110 Å². The summed E-state index contributed by atoms with van der Waals surface area (Å²) in [4.78, 5) is 34.1. The Hall–Kier alpha value is -2.18. The summed E-state index contributed by atoms with van der Waals surface area (Å²) in [5, 5.41) is 10.8. The van der Waals surface area contributed by atoms with Crippen LogP contribution in [0.15, 0.2) is 17.1 Å². The Morgan fingerprint density at radius 3 is 2.58 bits per heavy atom. The lowest BCUT2D eigenvalue weighted by atomic mass is 10.0. The van der Waals surface area contributed by atoms with Crippen molar-refractivity contribution in [3.63, 3.8) is 0 Å². The highest BCUT2D eigenvalue weighted by Crippen LogP contribution is 2.19. The molecule has 0 radical (unpaired) electrons. The number of aryl methyl sites for hydroxylation is 1. The minimum Gasteiger partial charge on any atom is -0.464 e. The molecular formula is C12H16N2O5. The van der Waals surface area contributed by atoms with Crippen LogP contribution in [0, 0.1) is 17.0 Å². The molecule has 1 heterocycles. The summed E-state index contributed by atoms with van der Waals surface area (Å²) in [6.45, 7) is 6.25. The molecule has 0 aromatic carbocycles. The number of hydrogen-bond acceptors (Lipinski definition) is 5. The Morgan fingerprint density at radius 1 is 1.53 bits per heavy atom. The molecule has 0 saturated heterocycles. The zero-order chi connectivity index (χ0) is 14.8. The smallest absolute Gasteiger partial charge is 0.331 e. The number of pyridine rings is 1. The van der Waals surface area contributed by atoms with Crippen molar-refractivity contribution in [3.8, 4) is 0 Å². The van der Waals surface area contributed by atoms with Crippen LogP contribution < -0.4 is 5.56 Å². The van der Waals surface area contributed by atoms with Crippen LogP contribution in [0.1, 0.15) is 26.3 Å². The predicted octanol–water partition coefficient (Wildman–Crippen LogP) is 1.36. The first-order chi connectivity index (χ1) is 8.71. The van der Waals surface area contributed by atoms with E-state index in [1.807, 2.05) is 0 Å². The molecule has 0 fully saturated rings. The van der Waals surface area contributed by atoms with Crippen molar-refractivity contribution in [2.75, 3.05) is 6.61 Å². The van der Waals surface area contributed by atoms with Gasteiger partial charge in [-0.2, -0.15) is 0 Å². The second-order valence-electron chi connectivity index (χ2n) is 4.59. The molecule has 0 aliphatic heterocycles. The molecule has 1 rings (SSSR count). The van der Waals surface area contributed by atoms with Gasteiger partial charge in [-0.1, -0.05) is 0 Å². The van der Waals surface area contributed by atoms with Gasteiger partial charge in [-0.15, -0.1) is 0 Å².